The highest BCUT2D eigenvalue weighted by molar-refractivity contribution is 7.22. The highest BCUT2D eigenvalue weighted by Crippen LogP contribution is 2.30. The van der Waals surface area contributed by atoms with E-state index in [4.69, 9.17) is 11.6 Å². The number of carbonyl (C=O) groups excluding carboxylic acids is 1. The summed E-state index contributed by atoms with van der Waals surface area (Å²) in [5, 5.41) is 5.18. The SMILES string of the molecule is O=C(Cc1c[nH]c2ccc(Cl)cc12)Nc1nc2ccc(N3CC=CC3)cc2s1. The molecule has 0 saturated carbocycles. The largest absolute Gasteiger partial charge is 0.364 e. The standard InChI is InChI=1S/C21H17ClN4OS/c22-14-3-5-17-16(10-14)13(12-23-17)9-20(27)25-21-24-18-6-4-15(11-19(18)28-21)26-7-1-2-8-26/h1-6,10-12,23H,7-9H2,(H,24,25,27). The van der Waals surface area contributed by atoms with E-state index in [2.05, 4.69) is 44.5 Å². The fourth-order valence-corrected chi connectivity index (χ4v) is 4.57. The molecule has 0 spiro atoms. The van der Waals surface area contributed by atoms with E-state index in [0.29, 0.717) is 10.2 Å². The minimum Gasteiger partial charge on any atom is -0.364 e. The van der Waals surface area contributed by atoms with Crippen LogP contribution >= 0.6 is 22.9 Å². The number of thiazole rings is 1. The number of hydrogen-bond acceptors (Lipinski definition) is 4. The Balaban J connectivity index is 1.34. The highest BCUT2D eigenvalue weighted by Gasteiger charge is 2.14. The van der Waals surface area contributed by atoms with Crippen molar-refractivity contribution >= 4 is 60.8 Å². The number of H-pyrrole nitrogens is 1. The molecule has 0 bridgehead atoms. The van der Waals surface area contributed by atoms with Gasteiger partial charge in [-0.1, -0.05) is 35.1 Å². The fourth-order valence-electron chi connectivity index (χ4n) is 3.49. The van der Waals surface area contributed by atoms with Crippen LogP contribution in [-0.2, 0) is 11.2 Å². The van der Waals surface area contributed by atoms with Crippen LogP contribution in [0.2, 0.25) is 5.02 Å². The predicted octanol–water partition coefficient (Wildman–Crippen LogP) is 4.99. The number of aromatic nitrogens is 2. The van der Waals surface area contributed by atoms with Gasteiger partial charge < -0.3 is 15.2 Å². The molecular formula is C21H17ClN4OS. The van der Waals surface area contributed by atoms with E-state index in [1.54, 1.807) is 0 Å². The molecule has 0 radical (unpaired) electrons. The van der Waals surface area contributed by atoms with E-state index in [0.717, 1.165) is 39.8 Å². The van der Waals surface area contributed by atoms with Gasteiger partial charge in [-0.15, -0.1) is 0 Å². The second kappa shape index (κ2) is 6.96. The third kappa shape index (κ3) is 3.25. The third-order valence-corrected chi connectivity index (χ3v) is 6.05. The molecule has 4 aromatic rings. The Morgan fingerprint density at radius 2 is 2.07 bits per heavy atom. The van der Waals surface area contributed by atoms with Crippen LogP contribution < -0.4 is 10.2 Å². The van der Waals surface area contributed by atoms with E-state index >= 15 is 0 Å². The number of carbonyl (C=O) groups is 1. The summed E-state index contributed by atoms with van der Waals surface area (Å²) in [5.41, 5.74) is 3.96. The number of benzene rings is 2. The van der Waals surface area contributed by atoms with Crippen molar-refractivity contribution in [1.82, 2.24) is 9.97 Å². The number of aromatic amines is 1. The maximum absolute atomic E-state index is 12.6. The van der Waals surface area contributed by atoms with Gasteiger partial charge in [-0.2, -0.15) is 0 Å². The van der Waals surface area contributed by atoms with Crippen molar-refractivity contribution in [3.8, 4) is 0 Å². The first-order valence-electron chi connectivity index (χ1n) is 9.01. The minimum absolute atomic E-state index is 0.0936. The summed E-state index contributed by atoms with van der Waals surface area (Å²) in [7, 11) is 0. The molecule has 7 heteroatoms. The van der Waals surface area contributed by atoms with Gasteiger partial charge >= 0.3 is 0 Å². The number of fused-ring (bicyclic) bond motifs is 2. The first-order chi connectivity index (χ1) is 13.7. The molecule has 1 amide bonds. The highest BCUT2D eigenvalue weighted by atomic mass is 35.5. The van der Waals surface area contributed by atoms with E-state index in [9.17, 15) is 4.79 Å². The molecule has 1 aliphatic rings. The van der Waals surface area contributed by atoms with Crippen molar-refractivity contribution in [1.29, 1.82) is 0 Å². The maximum atomic E-state index is 12.6. The summed E-state index contributed by atoms with van der Waals surface area (Å²) < 4.78 is 1.07. The number of anilines is 2. The second-order valence-corrected chi connectivity index (χ2v) is 8.24. The zero-order chi connectivity index (χ0) is 19.1. The number of amides is 1. The van der Waals surface area contributed by atoms with Crippen molar-refractivity contribution in [2.75, 3.05) is 23.3 Å². The number of halogens is 1. The Hall–Kier alpha value is -2.83. The van der Waals surface area contributed by atoms with Crippen LogP contribution in [0.25, 0.3) is 21.1 Å². The van der Waals surface area contributed by atoms with Gasteiger partial charge in [0.2, 0.25) is 5.91 Å². The van der Waals surface area contributed by atoms with Crippen LogP contribution in [0.15, 0.2) is 54.7 Å². The number of nitrogens with one attached hydrogen (secondary N) is 2. The van der Waals surface area contributed by atoms with E-state index in [1.165, 1.54) is 17.0 Å². The van der Waals surface area contributed by atoms with Gasteiger partial charge in [0.15, 0.2) is 5.13 Å². The lowest BCUT2D eigenvalue weighted by molar-refractivity contribution is -0.115. The Bertz CT molecular complexity index is 1220. The molecule has 3 heterocycles. The fraction of sp³-hybridized carbons (Fsp3) is 0.143. The zero-order valence-electron chi connectivity index (χ0n) is 14.9. The molecule has 5 rings (SSSR count). The van der Waals surface area contributed by atoms with E-state index < -0.39 is 0 Å². The molecule has 5 nitrogen and oxygen atoms in total. The molecule has 2 aromatic carbocycles. The van der Waals surface area contributed by atoms with Gasteiger partial charge in [-0.05, 0) is 42.0 Å². The van der Waals surface area contributed by atoms with Crippen LogP contribution in [0.1, 0.15) is 5.56 Å². The lowest BCUT2D eigenvalue weighted by Crippen LogP contribution is -2.18. The van der Waals surface area contributed by atoms with Crippen molar-refractivity contribution in [3.05, 3.63) is 65.3 Å². The van der Waals surface area contributed by atoms with Crippen molar-refractivity contribution < 1.29 is 4.79 Å². The van der Waals surface area contributed by atoms with E-state index in [-0.39, 0.29) is 12.3 Å². The van der Waals surface area contributed by atoms with Crippen molar-refractivity contribution in [2.45, 2.75) is 6.42 Å². The first kappa shape index (κ1) is 17.3. The minimum atomic E-state index is -0.0936. The van der Waals surface area contributed by atoms with Gasteiger partial charge in [-0.25, -0.2) is 4.98 Å². The van der Waals surface area contributed by atoms with Crippen LogP contribution in [0.5, 0.6) is 0 Å². The lowest BCUT2D eigenvalue weighted by atomic mass is 10.1. The predicted molar refractivity (Wildman–Crippen MR) is 117 cm³/mol. The Kier molecular flexibility index (Phi) is 4.30. The summed E-state index contributed by atoms with van der Waals surface area (Å²) in [6, 6.07) is 11.9. The quantitative estimate of drug-likeness (QED) is 0.468. The summed E-state index contributed by atoms with van der Waals surface area (Å²) in [5.74, 6) is -0.0936. The molecule has 28 heavy (non-hydrogen) atoms. The molecule has 0 fully saturated rings. The second-order valence-electron chi connectivity index (χ2n) is 6.78. The summed E-state index contributed by atoms with van der Waals surface area (Å²) in [6.45, 7) is 1.87. The number of rotatable bonds is 4. The monoisotopic (exact) mass is 408 g/mol. The van der Waals surface area contributed by atoms with Gasteiger partial charge in [-0.3, -0.25) is 4.79 Å². The Labute approximate surface area is 170 Å². The van der Waals surface area contributed by atoms with Gasteiger partial charge in [0.05, 0.1) is 16.6 Å². The van der Waals surface area contributed by atoms with Crippen molar-refractivity contribution in [3.63, 3.8) is 0 Å². The Morgan fingerprint density at radius 1 is 1.21 bits per heavy atom. The molecule has 1 aliphatic heterocycles. The van der Waals surface area contributed by atoms with Crippen LogP contribution in [0.4, 0.5) is 10.8 Å². The van der Waals surface area contributed by atoms with Crippen LogP contribution in [0, 0.1) is 0 Å². The van der Waals surface area contributed by atoms with Gasteiger partial charge in [0.25, 0.3) is 0 Å². The topological polar surface area (TPSA) is 61.0 Å². The zero-order valence-corrected chi connectivity index (χ0v) is 16.5. The lowest BCUT2D eigenvalue weighted by Gasteiger charge is -2.17. The van der Waals surface area contributed by atoms with Gasteiger partial charge in [0, 0.05) is 40.9 Å². The molecular weight excluding hydrogens is 392 g/mol. The van der Waals surface area contributed by atoms with Gasteiger partial charge in [0.1, 0.15) is 0 Å². The van der Waals surface area contributed by atoms with Crippen LogP contribution in [0.3, 0.4) is 0 Å². The smallest absolute Gasteiger partial charge is 0.230 e. The summed E-state index contributed by atoms with van der Waals surface area (Å²) in [6.07, 6.45) is 6.46. The summed E-state index contributed by atoms with van der Waals surface area (Å²) in [4.78, 5) is 22.6. The third-order valence-electron chi connectivity index (χ3n) is 4.88. The average molecular weight is 409 g/mol. The normalized spacial score (nSPS) is 13.7. The summed E-state index contributed by atoms with van der Waals surface area (Å²) >= 11 is 7.59. The molecule has 0 atom stereocenters. The van der Waals surface area contributed by atoms with Crippen molar-refractivity contribution in [2.24, 2.45) is 0 Å². The molecule has 0 saturated heterocycles. The number of nitrogens with zero attached hydrogens (tertiary/aromatic N) is 2. The van der Waals surface area contributed by atoms with Crippen LogP contribution in [-0.4, -0.2) is 29.0 Å². The molecule has 2 aromatic heterocycles. The Morgan fingerprint density at radius 3 is 2.93 bits per heavy atom. The molecule has 0 aliphatic carbocycles. The molecule has 140 valence electrons. The maximum Gasteiger partial charge on any atom is 0.230 e. The first-order valence-corrected chi connectivity index (χ1v) is 10.2. The average Bonchev–Trinajstić information content (AvgIpc) is 3.41. The number of hydrogen-bond donors (Lipinski definition) is 2. The molecule has 2 N–H and O–H groups in total. The molecule has 0 unspecified atom stereocenters. The van der Waals surface area contributed by atoms with E-state index in [1.807, 2.05) is 30.5 Å².